The van der Waals surface area contributed by atoms with Crippen LogP contribution < -0.4 is 10.2 Å². The lowest BCUT2D eigenvalue weighted by molar-refractivity contribution is -0.194. The van der Waals surface area contributed by atoms with E-state index in [9.17, 15) is 0 Å². The number of nitrogens with one attached hydrogen (secondary N) is 1. The zero-order valence-electron chi connectivity index (χ0n) is 9.69. The molecular weight excluding hydrogens is 202 g/mol. The lowest BCUT2D eigenvalue weighted by atomic mass is 10.1. The van der Waals surface area contributed by atoms with Gasteiger partial charge in [-0.05, 0) is 32.0 Å². The monoisotopic (exact) mass is 219 g/mol. The Morgan fingerprint density at radius 2 is 2.38 bits per heavy atom. The third-order valence-corrected chi connectivity index (χ3v) is 2.75. The fourth-order valence-electron chi connectivity index (χ4n) is 1.55. The summed E-state index contributed by atoms with van der Waals surface area (Å²) in [6.07, 6.45) is 5.29. The molecule has 86 valence electrons. The molecule has 1 aliphatic heterocycles. The Labute approximate surface area is 96.0 Å². The first-order valence-electron chi connectivity index (χ1n) is 5.56. The van der Waals surface area contributed by atoms with Crippen molar-refractivity contribution < 1.29 is 9.78 Å². The molecule has 0 saturated carbocycles. The van der Waals surface area contributed by atoms with Gasteiger partial charge in [-0.2, -0.15) is 4.89 Å². The summed E-state index contributed by atoms with van der Waals surface area (Å²) >= 11 is 0. The van der Waals surface area contributed by atoms with E-state index in [1.54, 1.807) is 0 Å². The molecule has 0 bridgehead atoms. The zero-order chi connectivity index (χ0) is 11.4. The molecule has 3 heteroatoms. The Bertz CT molecular complexity index is 388. The number of fused-ring (bicyclic) bond motifs is 1. The molecule has 0 fully saturated rings. The maximum absolute atomic E-state index is 5.04. The molecule has 0 saturated heterocycles. The molecule has 1 aromatic carbocycles. The SMILES string of the molecule is CNC(C)C/C=C/c1ccc2c(c1)OOC2. The minimum atomic E-state index is 0.505. The van der Waals surface area contributed by atoms with Gasteiger partial charge in [0.05, 0.1) is 0 Å². The molecule has 0 amide bonds. The number of hydrogen-bond acceptors (Lipinski definition) is 3. The molecule has 1 aliphatic rings. The summed E-state index contributed by atoms with van der Waals surface area (Å²) in [5.74, 6) is 0.837. The third-order valence-electron chi connectivity index (χ3n) is 2.75. The van der Waals surface area contributed by atoms with Gasteiger partial charge in [-0.15, -0.1) is 0 Å². The van der Waals surface area contributed by atoms with Gasteiger partial charge in [-0.3, -0.25) is 0 Å². The van der Waals surface area contributed by atoms with Crippen LogP contribution >= 0.6 is 0 Å². The van der Waals surface area contributed by atoms with Crippen LogP contribution in [0, 0.1) is 0 Å². The summed E-state index contributed by atoms with van der Waals surface area (Å²) in [6.45, 7) is 2.71. The second-order valence-electron chi connectivity index (χ2n) is 4.04. The van der Waals surface area contributed by atoms with Crippen LogP contribution in [0.2, 0.25) is 0 Å². The van der Waals surface area contributed by atoms with Crippen molar-refractivity contribution in [3.05, 3.63) is 35.4 Å². The van der Waals surface area contributed by atoms with E-state index >= 15 is 0 Å². The lowest BCUT2D eigenvalue weighted by Gasteiger charge is -2.05. The molecule has 0 spiro atoms. The summed E-state index contributed by atoms with van der Waals surface area (Å²) in [4.78, 5) is 9.94. The molecule has 0 radical (unpaired) electrons. The Kier molecular flexibility index (Phi) is 3.59. The minimum Gasteiger partial charge on any atom is -0.337 e. The number of hydrogen-bond donors (Lipinski definition) is 1. The largest absolute Gasteiger partial charge is 0.337 e. The van der Waals surface area contributed by atoms with Gasteiger partial charge in [0.15, 0.2) is 5.75 Å². The van der Waals surface area contributed by atoms with Gasteiger partial charge in [-0.25, -0.2) is 0 Å². The minimum absolute atomic E-state index is 0.505. The van der Waals surface area contributed by atoms with Gasteiger partial charge in [0.2, 0.25) is 0 Å². The quantitative estimate of drug-likeness (QED) is 0.789. The van der Waals surface area contributed by atoms with Crippen molar-refractivity contribution in [1.29, 1.82) is 0 Å². The average Bonchev–Trinajstić information content (AvgIpc) is 2.76. The molecular formula is C13H17NO2. The van der Waals surface area contributed by atoms with Crippen molar-refractivity contribution in [3.63, 3.8) is 0 Å². The molecule has 2 rings (SSSR count). The Balaban J connectivity index is 2.00. The van der Waals surface area contributed by atoms with Crippen molar-refractivity contribution in [2.45, 2.75) is 26.0 Å². The summed E-state index contributed by atoms with van der Waals surface area (Å²) < 4.78 is 0. The Morgan fingerprint density at radius 1 is 1.50 bits per heavy atom. The molecule has 1 N–H and O–H groups in total. The molecule has 1 aromatic rings. The van der Waals surface area contributed by atoms with Crippen molar-refractivity contribution in [2.24, 2.45) is 0 Å². The van der Waals surface area contributed by atoms with Crippen molar-refractivity contribution in [2.75, 3.05) is 7.05 Å². The first-order chi connectivity index (χ1) is 7.79. The first-order valence-corrected chi connectivity index (χ1v) is 5.56. The topological polar surface area (TPSA) is 30.5 Å². The third kappa shape index (κ3) is 2.62. The van der Waals surface area contributed by atoms with E-state index in [4.69, 9.17) is 9.78 Å². The van der Waals surface area contributed by atoms with E-state index in [2.05, 4.69) is 30.5 Å². The molecule has 0 aromatic heterocycles. The highest BCUT2D eigenvalue weighted by Crippen LogP contribution is 2.27. The summed E-state index contributed by atoms with van der Waals surface area (Å²) in [5.41, 5.74) is 2.26. The van der Waals surface area contributed by atoms with Crippen LogP contribution in [-0.2, 0) is 11.5 Å². The van der Waals surface area contributed by atoms with Crippen LogP contribution in [0.15, 0.2) is 24.3 Å². The normalized spacial score (nSPS) is 16.1. The molecule has 0 aliphatic carbocycles. The number of benzene rings is 1. The van der Waals surface area contributed by atoms with Crippen LogP contribution in [0.3, 0.4) is 0 Å². The summed E-state index contributed by atoms with van der Waals surface area (Å²) in [5, 5.41) is 3.20. The highest BCUT2D eigenvalue weighted by atomic mass is 17.2. The second-order valence-corrected chi connectivity index (χ2v) is 4.04. The van der Waals surface area contributed by atoms with Crippen LogP contribution in [0.25, 0.3) is 6.08 Å². The van der Waals surface area contributed by atoms with Gasteiger partial charge in [-0.1, -0.05) is 24.3 Å². The predicted molar refractivity (Wildman–Crippen MR) is 64.0 cm³/mol. The fourth-order valence-corrected chi connectivity index (χ4v) is 1.55. The van der Waals surface area contributed by atoms with Gasteiger partial charge in [0.1, 0.15) is 6.61 Å². The van der Waals surface area contributed by atoms with Gasteiger partial charge in [0.25, 0.3) is 0 Å². The molecule has 3 nitrogen and oxygen atoms in total. The second kappa shape index (κ2) is 5.14. The lowest BCUT2D eigenvalue weighted by Crippen LogP contribution is -2.19. The molecule has 16 heavy (non-hydrogen) atoms. The number of rotatable bonds is 4. The fraction of sp³-hybridized carbons (Fsp3) is 0.385. The van der Waals surface area contributed by atoms with E-state index in [1.807, 2.05) is 19.2 Å². The highest BCUT2D eigenvalue weighted by molar-refractivity contribution is 5.54. The van der Waals surface area contributed by atoms with Crippen molar-refractivity contribution in [1.82, 2.24) is 5.32 Å². The van der Waals surface area contributed by atoms with Crippen molar-refractivity contribution in [3.8, 4) is 5.75 Å². The first kappa shape index (κ1) is 11.2. The smallest absolute Gasteiger partial charge is 0.171 e. The predicted octanol–water partition coefficient (Wildman–Crippen LogP) is 2.52. The van der Waals surface area contributed by atoms with E-state index in [1.165, 1.54) is 0 Å². The average molecular weight is 219 g/mol. The van der Waals surface area contributed by atoms with E-state index in [0.29, 0.717) is 12.6 Å². The van der Waals surface area contributed by atoms with Crippen LogP contribution in [0.4, 0.5) is 0 Å². The van der Waals surface area contributed by atoms with Crippen LogP contribution in [0.1, 0.15) is 24.5 Å². The van der Waals surface area contributed by atoms with Crippen LogP contribution in [0.5, 0.6) is 5.75 Å². The van der Waals surface area contributed by atoms with Gasteiger partial charge >= 0.3 is 0 Å². The van der Waals surface area contributed by atoms with Crippen LogP contribution in [-0.4, -0.2) is 13.1 Å². The zero-order valence-corrected chi connectivity index (χ0v) is 9.69. The summed E-state index contributed by atoms with van der Waals surface area (Å²) in [6, 6.07) is 6.63. The maximum atomic E-state index is 5.04. The van der Waals surface area contributed by atoms with E-state index in [0.717, 1.165) is 23.3 Å². The standard InChI is InChI=1S/C13H17NO2/c1-10(14-2)4-3-5-11-6-7-12-9-15-16-13(12)8-11/h3,5-8,10,14H,4,9H2,1-2H3/b5-3+. The highest BCUT2D eigenvalue weighted by Gasteiger charge is 2.12. The van der Waals surface area contributed by atoms with Crippen molar-refractivity contribution >= 4 is 6.08 Å². The Hall–Kier alpha value is -1.32. The van der Waals surface area contributed by atoms with Gasteiger partial charge in [0, 0.05) is 11.6 Å². The van der Waals surface area contributed by atoms with E-state index in [-0.39, 0.29) is 0 Å². The molecule has 1 heterocycles. The maximum Gasteiger partial charge on any atom is 0.171 e. The van der Waals surface area contributed by atoms with E-state index < -0.39 is 0 Å². The molecule has 1 unspecified atom stereocenters. The summed E-state index contributed by atoms with van der Waals surface area (Å²) in [7, 11) is 1.97. The Morgan fingerprint density at radius 3 is 3.19 bits per heavy atom. The van der Waals surface area contributed by atoms with Gasteiger partial charge < -0.3 is 10.2 Å². The molecule has 1 atom stereocenters.